The lowest BCUT2D eigenvalue weighted by Crippen LogP contribution is -2.49. The van der Waals surface area contributed by atoms with Crippen LogP contribution >= 0.6 is 11.3 Å². The molecule has 0 saturated carbocycles. The zero-order chi connectivity index (χ0) is 14.8. The lowest BCUT2D eigenvalue weighted by Gasteiger charge is -2.35. The summed E-state index contributed by atoms with van der Waals surface area (Å²) in [6, 6.07) is 2.02. The number of nitrogens with zero attached hydrogens (tertiary/aromatic N) is 5. The van der Waals surface area contributed by atoms with Gasteiger partial charge in [0.1, 0.15) is 12.1 Å². The van der Waals surface area contributed by atoms with Crippen molar-refractivity contribution in [2.75, 3.05) is 51.7 Å². The summed E-state index contributed by atoms with van der Waals surface area (Å²) < 4.78 is 1.15. The van der Waals surface area contributed by atoms with E-state index in [1.807, 2.05) is 6.07 Å². The molecule has 2 aromatic rings. The van der Waals surface area contributed by atoms with Gasteiger partial charge in [-0.05, 0) is 11.4 Å². The maximum atomic E-state index is 11.8. The molecule has 2 aromatic heterocycles. The Morgan fingerprint density at radius 2 is 2.05 bits per heavy atom. The molecule has 21 heavy (non-hydrogen) atoms. The fourth-order valence-electron chi connectivity index (χ4n) is 2.45. The number of carbonyl (C=O) groups excluding carboxylic acids is 1. The van der Waals surface area contributed by atoms with E-state index in [2.05, 4.69) is 25.1 Å². The highest BCUT2D eigenvalue weighted by atomic mass is 32.1. The summed E-state index contributed by atoms with van der Waals surface area (Å²) in [7, 11) is 3.60. The maximum Gasteiger partial charge on any atom is 0.236 e. The van der Waals surface area contributed by atoms with Crippen molar-refractivity contribution in [2.45, 2.75) is 0 Å². The van der Waals surface area contributed by atoms with Gasteiger partial charge in [-0.15, -0.1) is 11.3 Å². The predicted octanol–water partition coefficient (Wildman–Crippen LogP) is 0.902. The van der Waals surface area contributed by atoms with Crippen molar-refractivity contribution >= 4 is 33.3 Å². The molecule has 3 heterocycles. The SMILES string of the molecule is CN(C)C(=O)CN1CCN(c2ncnc3ccsc23)CC1. The molecule has 0 atom stereocenters. The van der Waals surface area contributed by atoms with Crippen LogP contribution in [0.15, 0.2) is 17.8 Å². The quantitative estimate of drug-likeness (QED) is 0.843. The van der Waals surface area contributed by atoms with Crippen molar-refractivity contribution in [1.29, 1.82) is 0 Å². The van der Waals surface area contributed by atoms with E-state index in [9.17, 15) is 4.79 Å². The van der Waals surface area contributed by atoms with Crippen LogP contribution in [0.1, 0.15) is 0 Å². The van der Waals surface area contributed by atoms with Gasteiger partial charge in [0.25, 0.3) is 0 Å². The first-order chi connectivity index (χ1) is 10.1. The van der Waals surface area contributed by atoms with Gasteiger partial charge in [0.15, 0.2) is 0 Å². The van der Waals surface area contributed by atoms with Crippen LogP contribution in [0.2, 0.25) is 0 Å². The minimum Gasteiger partial charge on any atom is -0.353 e. The van der Waals surface area contributed by atoms with Crippen molar-refractivity contribution in [1.82, 2.24) is 19.8 Å². The third kappa shape index (κ3) is 2.98. The molecule has 1 amide bonds. The molecule has 0 spiro atoms. The number of carbonyl (C=O) groups is 1. The Hall–Kier alpha value is -1.73. The van der Waals surface area contributed by atoms with Gasteiger partial charge in [0.05, 0.1) is 16.8 Å². The summed E-state index contributed by atoms with van der Waals surface area (Å²) in [4.78, 5) is 26.6. The number of thiophene rings is 1. The minimum absolute atomic E-state index is 0.158. The van der Waals surface area contributed by atoms with Crippen molar-refractivity contribution in [3.8, 4) is 0 Å². The number of amides is 1. The highest BCUT2D eigenvalue weighted by molar-refractivity contribution is 7.17. The predicted molar refractivity (Wildman–Crippen MR) is 84.8 cm³/mol. The van der Waals surface area contributed by atoms with Crippen LogP contribution in [0.4, 0.5) is 5.82 Å². The van der Waals surface area contributed by atoms with Gasteiger partial charge in [0.2, 0.25) is 5.91 Å². The lowest BCUT2D eigenvalue weighted by molar-refractivity contribution is -0.129. The van der Waals surface area contributed by atoms with Crippen LogP contribution in [-0.4, -0.2) is 72.5 Å². The molecule has 7 heteroatoms. The highest BCUT2D eigenvalue weighted by Gasteiger charge is 2.22. The van der Waals surface area contributed by atoms with Crippen molar-refractivity contribution in [2.24, 2.45) is 0 Å². The second-order valence-corrected chi connectivity index (χ2v) is 6.30. The smallest absolute Gasteiger partial charge is 0.236 e. The van der Waals surface area contributed by atoms with E-state index in [1.54, 1.807) is 36.7 Å². The Balaban J connectivity index is 1.66. The summed E-state index contributed by atoms with van der Waals surface area (Å²) in [5, 5.41) is 2.05. The van der Waals surface area contributed by atoms with Crippen molar-refractivity contribution in [3.05, 3.63) is 17.8 Å². The number of piperazine rings is 1. The molecule has 1 saturated heterocycles. The minimum atomic E-state index is 0.158. The highest BCUT2D eigenvalue weighted by Crippen LogP contribution is 2.28. The van der Waals surface area contributed by atoms with Gasteiger partial charge in [-0.2, -0.15) is 0 Å². The summed E-state index contributed by atoms with van der Waals surface area (Å²) in [5.41, 5.74) is 1.01. The topological polar surface area (TPSA) is 52.6 Å². The van der Waals surface area contributed by atoms with Gasteiger partial charge in [0, 0.05) is 40.3 Å². The number of likely N-dealkylation sites (N-methyl/N-ethyl adjacent to an activating group) is 1. The Labute approximate surface area is 128 Å². The molecule has 0 aromatic carbocycles. The molecule has 112 valence electrons. The normalized spacial score (nSPS) is 16.4. The Bertz CT molecular complexity index is 633. The average molecular weight is 305 g/mol. The third-order valence-corrected chi connectivity index (χ3v) is 4.65. The van der Waals surface area contributed by atoms with E-state index < -0.39 is 0 Å². The fraction of sp³-hybridized carbons (Fsp3) is 0.500. The summed E-state index contributed by atoms with van der Waals surface area (Å²) >= 11 is 1.68. The van der Waals surface area contributed by atoms with Gasteiger partial charge in [-0.3, -0.25) is 9.69 Å². The zero-order valence-corrected chi connectivity index (χ0v) is 13.1. The number of hydrogen-bond donors (Lipinski definition) is 0. The van der Waals surface area contributed by atoms with E-state index in [0.29, 0.717) is 6.54 Å². The molecular weight excluding hydrogens is 286 g/mol. The molecular formula is C14H19N5OS. The van der Waals surface area contributed by atoms with Gasteiger partial charge in [-0.1, -0.05) is 0 Å². The number of anilines is 1. The summed E-state index contributed by atoms with van der Waals surface area (Å²) in [6.45, 7) is 4.06. The molecule has 0 aliphatic carbocycles. The molecule has 6 nitrogen and oxygen atoms in total. The largest absolute Gasteiger partial charge is 0.353 e. The van der Waals surface area contributed by atoms with Crippen molar-refractivity contribution in [3.63, 3.8) is 0 Å². The molecule has 3 rings (SSSR count). The fourth-order valence-corrected chi connectivity index (χ4v) is 3.31. The van der Waals surface area contributed by atoms with Crippen LogP contribution in [-0.2, 0) is 4.79 Å². The standard InChI is InChI=1S/C14H19N5OS/c1-17(2)12(20)9-18-4-6-19(7-5-18)14-13-11(3-8-21-13)15-10-16-14/h3,8,10H,4-7,9H2,1-2H3. The zero-order valence-electron chi connectivity index (χ0n) is 12.3. The number of aromatic nitrogens is 2. The second-order valence-electron chi connectivity index (χ2n) is 5.38. The van der Waals surface area contributed by atoms with Gasteiger partial charge < -0.3 is 9.80 Å². The van der Waals surface area contributed by atoms with Gasteiger partial charge >= 0.3 is 0 Å². The van der Waals surface area contributed by atoms with Crippen LogP contribution in [0, 0.1) is 0 Å². The van der Waals surface area contributed by atoms with E-state index >= 15 is 0 Å². The molecule has 0 bridgehead atoms. The molecule has 1 aliphatic heterocycles. The number of fused-ring (bicyclic) bond motifs is 1. The monoisotopic (exact) mass is 305 g/mol. The maximum absolute atomic E-state index is 11.8. The molecule has 1 aliphatic rings. The van der Waals surface area contributed by atoms with Crippen LogP contribution in [0.25, 0.3) is 10.2 Å². The molecule has 0 N–H and O–H groups in total. The van der Waals surface area contributed by atoms with Gasteiger partial charge in [-0.25, -0.2) is 9.97 Å². The van der Waals surface area contributed by atoms with E-state index in [4.69, 9.17) is 0 Å². The molecule has 1 fully saturated rings. The van der Waals surface area contributed by atoms with Crippen LogP contribution < -0.4 is 4.90 Å². The van der Waals surface area contributed by atoms with E-state index in [0.717, 1.165) is 42.2 Å². The average Bonchev–Trinajstić information content (AvgIpc) is 2.96. The lowest BCUT2D eigenvalue weighted by atomic mass is 10.3. The first-order valence-corrected chi connectivity index (χ1v) is 7.89. The Kier molecular flexibility index (Phi) is 4.03. The summed E-state index contributed by atoms with van der Waals surface area (Å²) in [6.07, 6.45) is 1.63. The third-order valence-electron chi connectivity index (χ3n) is 3.75. The van der Waals surface area contributed by atoms with Crippen LogP contribution in [0.3, 0.4) is 0 Å². The second kappa shape index (κ2) is 5.95. The number of hydrogen-bond acceptors (Lipinski definition) is 6. The number of rotatable bonds is 3. The summed E-state index contributed by atoms with van der Waals surface area (Å²) in [5.74, 6) is 1.18. The molecule has 0 unspecified atom stereocenters. The Morgan fingerprint density at radius 1 is 1.29 bits per heavy atom. The van der Waals surface area contributed by atoms with Crippen LogP contribution in [0.5, 0.6) is 0 Å². The van der Waals surface area contributed by atoms with E-state index in [-0.39, 0.29) is 5.91 Å². The first kappa shape index (κ1) is 14.2. The van der Waals surface area contributed by atoms with E-state index in [1.165, 1.54) is 0 Å². The first-order valence-electron chi connectivity index (χ1n) is 7.01. The molecule has 0 radical (unpaired) electrons. The Morgan fingerprint density at radius 3 is 2.76 bits per heavy atom. The van der Waals surface area contributed by atoms with Crippen molar-refractivity contribution < 1.29 is 4.79 Å².